The lowest BCUT2D eigenvalue weighted by Gasteiger charge is -2.41. The average Bonchev–Trinajstić information content (AvgIpc) is 2.87. The van der Waals surface area contributed by atoms with Crippen LogP contribution in [-0.2, 0) is 0 Å². The summed E-state index contributed by atoms with van der Waals surface area (Å²) >= 11 is 0. The number of hydrogen-bond acceptors (Lipinski definition) is 1. The summed E-state index contributed by atoms with van der Waals surface area (Å²) < 4.78 is 14.2. The molecule has 0 saturated carbocycles. The number of halogens is 1. The number of likely N-dealkylation sites (tertiary alicyclic amines) is 1. The molecule has 0 N–H and O–H groups in total. The zero-order chi connectivity index (χ0) is 17.8. The first kappa shape index (κ1) is 16.3. The van der Waals surface area contributed by atoms with Crippen molar-refractivity contribution >= 4 is 11.6 Å². The first-order chi connectivity index (χ1) is 11.9. The number of aryl methyl sites for hydroxylation is 1. The predicted molar refractivity (Wildman–Crippen MR) is 97.4 cm³/mol. The summed E-state index contributed by atoms with van der Waals surface area (Å²) in [7, 11) is 4.52. The van der Waals surface area contributed by atoms with Crippen LogP contribution in [0, 0.1) is 12.7 Å². The number of nitrogens with zero attached hydrogens (tertiary/aromatic N) is 2. The predicted octanol–water partition coefficient (Wildman–Crippen LogP) is 3.73. The molecule has 2 heterocycles. The number of anilines is 1. The molecular formula is C21H24FN2O+. The van der Waals surface area contributed by atoms with Crippen LogP contribution in [0.5, 0.6) is 0 Å². The molecule has 0 aromatic heterocycles. The molecule has 2 aliphatic heterocycles. The van der Waals surface area contributed by atoms with Gasteiger partial charge in [0.2, 0.25) is 0 Å². The van der Waals surface area contributed by atoms with E-state index in [-0.39, 0.29) is 17.8 Å². The van der Waals surface area contributed by atoms with Crippen LogP contribution < -0.4 is 4.90 Å². The van der Waals surface area contributed by atoms with E-state index in [0.29, 0.717) is 11.5 Å². The molecule has 0 aliphatic carbocycles. The lowest BCUT2D eigenvalue weighted by Crippen LogP contribution is -2.54. The van der Waals surface area contributed by atoms with Gasteiger partial charge in [0.25, 0.3) is 5.91 Å². The number of benzene rings is 2. The van der Waals surface area contributed by atoms with E-state index in [9.17, 15) is 9.18 Å². The zero-order valence-electron chi connectivity index (χ0n) is 15.0. The third-order valence-electron chi connectivity index (χ3n) is 5.67. The van der Waals surface area contributed by atoms with Crippen LogP contribution in [0.1, 0.15) is 33.8 Å². The molecule has 0 unspecified atom stereocenters. The van der Waals surface area contributed by atoms with Crippen molar-refractivity contribution in [2.24, 2.45) is 0 Å². The van der Waals surface area contributed by atoms with Gasteiger partial charge >= 0.3 is 0 Å². The summed E-state index contributed by atoms with van der Waals surface area (Å²) in [5.74, 6) is 0.0245. The molecule has 2 aliphatic rings. The van der Waals surface area contributed by atoms with Gasteiger partial charge in [0, 0.05) is 17.7 Å². The maximum absolute atomic E-state index is 13.2. The Morgan fingerprint density at radius 1 is 1.16 bits per heavy atom. The first-order valence-electron chi connectivity index (χ1n) is 8.87. The minimum absolute atomic E-state index is 0.0233. The topological polar surface area (TPSA) is 20.3 Å². The molecule has 3 nitrogen and oxygen atoms in total. The highest BCUT2D eigenvalue weighted by Crippen LogP contribution is 2.46. The molecule has 25 heavy (non-hydrogen) atoms. The number of hydrogen-bond donors (Lipinski definition) is 0. The second kappa shape index (κ2) is 5.67. The Balaban J connectivity index is 1.77. The quantitative estimate of drug-likeness (QED) is 0.725. The zero-order valence-corrected chi connectivity index (χ0v) is 15.0. The normalized spacial score (nSPS) is 23.9. The number of amides is 1. The van der Waals surface area contributed by atoms with Crippen molar-refractivity contribution in [1.29, 1.82) is 0 Å². The van der Waals surface area contributed by atoms with Crippen molar-refractivity contribution in [3.8, 4) is 0 Å². The van der Waals surface area contributed by atoms with Crippen LogP contribution in [0.25, 0.3) is 0 Å². The summed E-state index contributed by atoms with van der Waals surface area (Å²) in [5.41, 5.74) is 4.08. The van der Waals surface area contributed by atoms with E-state index in [4.69, 9.17) is 0 Å². The molecule has 0 spiro atoms. The molecule has 2 atom stereocenters. The highest BCUT2D eigenvalue weighted by molar-refractivity contribution is 6.08. The third kappa shape index (κ3) is 2.74. The average molecular weight is 339 g/mol. The summed E-state index contributed by atoms with van der Waals surface area (Å²) in [6.45, 7) is 4.19. The first-order valence-corrected chi connectivity index (χ1v) is 8.87. The Morgan fingerprint density at radius 2 is 1.88 bits per heavy atom. The third-order valence-corrected chi connectivity index (χ3v) is 5.67. The second-order valence-electron chi connectivity index (χ2n) is 8.05. The fourth-order valence-corrected chi connectivity index (χ4v) is 4.40. The van der Waals surface area contributed by atoms with Gasteiger partial charge in [0.05, 0.1) is 39.1 Å². The van der Waals surface area contributed by atoms with Gasteiger partial charge in [-0.15, -0.1) is 0 Å². The van der Waals surface area contributed by atoms with Gasteiger partial charge in [0.15, 0.2) is 0 Å². The number of carbonyl (C=O) groups is 1. The summed E-state index contributed by atoms with van der Waals surface area (Å²) in [6, 6.07) is 12.5. The van der Waals surface area contributed by atoms with E-state index >= 15 is 0 Å². The number of rotatable bonds is 1. The molecule has 0 radical (unpaired) electrons. The van der Waals surface area contributed by atoms with E-state index in [0.717, 1.165) is 29.7 Å². The largest absolute Gasteiger partial charge is 0.328 e. The Kier molecular flexibility index (Phi) is 3.69. The van der Waals surface area contributed by atoms with Crippen LogP contribution >= 0.6 is 0 Å². The minimum Gasteiger partial charge on any atom is -0.328 e. The maximum atomic E-state index is 13.2. The number of likely N-dealkylation sites (N-methyl/N-ethyl adjacent to an activating group) is 1. The smallest absolute Gasteiger partial charge is 0.258 e. The Labute approximate surface area is 148 Å². The molecular weight excluding hydrogens is 315 g/mol. The number of carbonyl (C=O) groups excluding carboxylic acids is 1. The van der Waals surface area contributed by atoms with Crippen LogP contribution in [0.3, 0.4) is 0 Å². The van der Waals surface area contributed by atoms with E-state index in [2.05, 4.69) is 39.2 Å². The molecule has 4 heteroatoms. The molecule has 1 amide bonds. The van der Waals surface area contributed by atoms with Crippen LogP contribution in [0.15, 0.2) is 42.5 Å². The van der Waals surface area contributed by atoms with Crippen molar-refractivity contribution in [3.63, 3.8) is 0 Å². The standard InChI is InChI=1S/C21H24FN2O/c1-14-4-9-19-17(12-14)18-13-24(2,3)11-10-20(18)23(19)21(25)15-5-7-16(22)8-6-15/h4-9,12,18,20H,10-11,13H2,1-3H3/q+1/t18-,20-/m1/s1. The Hall–Kier alpha value is -2.20. The summed E-state index contributed by atoms with van der Waals surface area (Å²) in [4.78, 5) is 15.2. The Morgan fingerprint density at radius 3 is 2.60 bits per heavy atom. The van der Waals surface area contributed by atoms with Crippen LogP contribution in [0.2, 0.25) is 0 Å². The monoisotopic (exact) mass is 339 g/mol. The van der Waals surface area contributed by atoms with Gasteiger partial charge in [-0.05, 0) is 42.8 Å². The summed E-state index contributed by atoms with van der Waals surface area (Å²) in [6.07, 6.45) is 0.984. The van der Waals surface area contributed by atoms with Gasteiger partial charge in [0.1, 0.15) is 5.82 Å². The minimum atomic E-state index is -0.316. The second-order valence-corrected chi connectivity index (χ2v) is 8.05. The molecule has 1 saturated heterocycles. The van der Waals surface area contributed by atoms with Gasteiger partial charge < -0.3 is 9.38 Å². The highest BCUT2D eigenvalue weighted by Gasteiger charge is 2.47. The lowest BCUT2D eigenvalue weighted by atomic mass is 9.87. The number of piperidine rings is 1. The molecule has 1 fully saturated rings. The van der Waals surface area contributed by atoms with Crippen molar-refractivity contribution in [1.82, 2.24) is 0 Å². The molecule has 0 bridgehead atoms. The van der Waals surface area contributed by atoms with Crippen molar-refractivity contribution in [2.75, 3.05) is 32.1 Å². The summed E-state index contributed by atoms with van der Waals surface area (Å²) in [5, 5.41) is 0. The van der Waals surface area contributed by atoms with Crippen molar-refractivity contribution in [2.45, 2.75) is 25.3 Å². The lowest BCUT2D eigenvalue weighted by molar-refractivity contribution is -0.896. The molecule has 4 rings (SSSR count). The fourth-order valence-electron chi connectivity index (χ4n) is 4.40. The number of quaternary nitrogens is 1. The van der Waals surface area contributed by atoms with Crippen LogP contribution in [0.4, 0.5) is 10.1 Å². The van der Waals surface area contributed by atoms with E-state index in [1.165, 1.54) is 23.3 Å². The van der Waals surface area contributed by atoms with Gasteiger partial charge in [-0.25, -0.2) is 4.39 Å². The van der Waals surface area contributed by atoms with Gasteiger partial charge in [-0.2, -0.15) is 0 Å². The highest BCUT2D eigenvalue weighted by atomic mass is 19.1. The SMILES string of the molecule is Cc1ccc2c(c1)[C@H]1C[N+](C)(C)CC[C@H]1N2C(=O)c1ccc(F)cc1. The van der Waals surface area contributed by atoms with Crippen LogP contribution in [-0.4, -0.2) is 43.6 Å². The van der Waals surface area contributed by atoms with E-state index in [1.807, 2.05) is 4.90 Å². The van der Waals surface area contributed by atoms with E-state index < -0.39 is 0 Å². The molecule has 2 aromatic rings. The van der Waals surface area contributed by atoms with Gasteiger partial charge in [-0.3, -0.25) is 4.79 Å². The van der Waals surface area contributed by atoms with Gasteiger partial charge in [-0.1, -0.05) is 17.7 Å². The maximum Gasteiger partial charge on any atom is 0.258 e. The fraction of sp³-hybridized carbons (Fsp3) is 0.381. The number of fused-ring (bicyclic) bond motifs is 3. The molecule has 130 valence electrons. The molecule has 2 aromatic carbocycles. The Bertz CT molecular complexity index is 828. The van der Waals surface area contributed by atoms with Crippen molar-refractivity contribution < 1.29 is 13.7 Å². The van der Waals surface area contributed by atoms with E-state index in [1.54, 1.807) is 12.1 Å². The van der Waals surface area contributed by atoms with Crippen molar-refractivity contribution in [3.05, 3.63) is 65.0 Å².